The number of carboxylic acid groups (broad SMARTS) is 1. The third kappa shape index (κ3) is 6.38. The Balaban J connectivity index is 3.44. The zero-order chi connectivity index (χ0) is 11.0. The van der Waals surface area contributed by atoms with E-state index in [4.69, 9.17) is 9.84 Å². The first kappa shape index (κ1) is 12.9. The Bertz CT molecular complexity index is 196. The zero-order valence-corrected chi connectivity index (χ0v) is 8.45. The average Bonchev–Trinajstić information content (AvgIpc) is 2.14. The molecule has 0 bridgehead atoms. The lowest BCUT2D eigenvalue weighted by Crippen LogP contribution is -2.37. The molecule has 0 aliphatic rings. The van der Waals surface area contributed by atoms with Crippen molar-refractivity contribution >= 4 is 11.9 Å². The minimum Gasteiger partial charge on any atom is -0.474 e. The molecule has 0 aromatic heterocycles. The van der Waals surface area contributed by atoms with Gasteiger partial charge >= 0.3 is 11.9 Å². The maximum atomic E-state index is 10.6. The maximum absolute atomic E-state index is 10.6. The van der Waals surface area contributed by atoms with E-state index in [-0.39, 0.29) is 0 Å². The van der Waals surface area contributed by atoms with E-state index in [9.17, 15) is 9.59 Å². The number of methoxy groups -OCH3 is 1. The van der Waals surface area contributed by atoms with Crippen molar-refractivity contribution in [2.24, 2.45) is 0 Å². The molecule has 14 heavy (non-hydrogen) atoms. The van der Waals surface area contributed by atoms with E-state index in [1.807, 2.05) is 11.9 Å². The van der Waals surface area contributed by atoms with Crippen LogP contribution in [-0.2, 0) is 14.3 Å². The van der Waals surface area contributed by atoms with Gasteiger partial charge in [0.1, 0.15) is 0 Å². The summed E-state index contributed by atoms with van der Waals surface area (Å²) in [6.07, 6.45) is 0. The monoisotopic (exact) mass is 204 g/mol. The summed E-state index contributed by atoms with van der Waals surface area (Å²) < 4.78 is 4.86. The molecule has 0 unspecified atom stereocenters. The second-order valence-electron chi connectivity index (χ2n) is 2.86. The molecule has 0 aliphatic heterocycles. The number of nitrogens with one attached hydrogen (secondary N) is 1. The molecule has 0 heterocycles. The zero-order valence-electron chi connectivity index (χ0n) is 8.45. The highest BCUT2D eigenvalue weighted by atomic mass is 16.5. The van der Waals surface area contributed by atoms with Gasteiger partial charge in [-0.2, -0.15) is 0 Å². The van der Waals surface area contributed by atoms with Crippen LogP contribution in [-0.4, -0.2) is 62.3 Å². The van der Waals surface area contributed by atoms with Crippen LogP contribution in [0.5, 0.6) is 0 Å². The molecule has 0 aliphatic carbocycles. The molecule has 0 spiro atoms. The van der Waals surface area contributed by atoms with Gasteiger partial charge in [0.25, 0.3) is 0 Å². The van der Waals surface area contributed by atoms with Gasteiger partial charge in [-0.3, -0.25) is 4.79 Å². The molecule has 0 saturated heterocycles. The lowest BCUT2D eigenvalue weighted by Gasteiger charge is -2.15. The molecule has 0 radical (unpaired) electrons. The van der Waals surface area contributed by atoms with Crippen LogP contribution in [0.15, 0.2) is 0 Å². The van der Waals surface area contributed by atoms with Crippen molar-refractivity contribution in [1.29, 1.82) is 0 Å². The Morgan fingerprint density at radius 2 is 2.07 bits per heavy atom. The molecule has 0 aromatic rings. The first-order valence-electron chi connectivity index (χ1n) is 4.26. The van der Waals surface area contributed by atoms with E-state index >= 15 is 0 Å². The van der Waals surface area contributed by atoms with Crippen molar-refractivity contribution in [1.82, 2.24) is 10.2 Å². The Morgan fingerprint density at radius 3 is 2.57 bits per heavy atom. The Labute approximate surface area is 82.8 Å². The lowest BCUT2D eigenvalue weighted by molar-refractivity contribution is -0.150. The SMILES string of the molecule is COCCN(C)CCNC(=O)C(=O)O. The number of nitrogens with zero attached hydrogens (tertiary/aromatic N) is 1. The Kier molecular flexibility index (Phi) is 6.69. The molecule has 82 valence electrons. The van der Waals surface area contributed by atoms with Crippen molar-refractivity contribution in [3.8, 4) is 0 Å². The molecule has 0 rings (SSSR count). The van der Waals surface area contributed by atoms with Crippen molar-refractivity contribution in [3.05, 3.63) is 0 Å². The summed E-state index contributed by atoms with van der Waals surface area (Å²) in [4.78, 5) is 22.6. The number of amides is 1. The summed E-state index contributed by atoms with van der Waals surface area (Å²) in [5.41, 5.74) is 0. The number of carboxylic acids is 1. The summed E-state index contributed by atoms with van der Waals surface area (Å²) in [7, 11) is 3.48. The first-order valence-corrected chi connectivity index (χ1v) is 4.26. The van der Waals surface area contributed by atoms with Gasteiger partial charge in [-0.15, -0.1) is 0 Å². The number of aliphatic carboxylic acids is 1. The fraction of sp³-hybridized carbons (Fsp3) is 0.750. The number of rotatable bonds is 6. The highest BCUT2D eigenvalue weighted by Crippen LogP contribution is 1.80. The van der Waals surface area contributed by atoms with E-state index in [0.29, 0.717) is 19.7 Å². The van der Waals surface area contributed by atoms with Gasteiger partial charge in [-0.1, -0.05) is 0 Å². The second kappa shape index (κ2) is 7.28. The van der Waals surface area contributed by atoms with Gasteiger partial charge in [-0.05, 0) is 7.05 Å². The van der Waals surface area contributed by atoms with Crippen LogP contribution >= 0.6 is 0 Å². The summed E-state index contributed by atoms with van der Waals surface area (Å²) >= 11 is 0. The van der Waals surface area contributed by atoms with Crippen LogP contribution in [0.3, 0.4) is 0 Å². The standard InChI is InChI=1S/C8H16N2O4/c1-10(5-6-14-2)4-3-9-7(11)8(12)13/h3-6H2,1-2H3,(H,9,11)(H,12,13). The number of hydrogen-bond acceptors (Lipinski definition) is 4. The Hall–Kier alpha value is -1.14. The van der Waals surface area contributed by atoms with E-state index in [1.165, 1.54) is 0 Å². The van der Waals surface area contributed by atoms with E-state index in [0.717, 1.165) is 6.54 Å². The van der Waals surface area contributed by atoms with Gasteiger partial charge in [0.05, 0.1) is 6.61 Å². The molecule has 0 atom stereocenters. The van der Waals surface area contributed by atoms with Crippen molar-refractivity contribution in [2.75, 3.05) is 40.4 Å². The van der Waals surface area contributed by atoms with Crippen molar-refractivity contribution in [2.45, 2.75) is 0 Å². The molecule has 0 saturated carbocycles. The van der Waals surface area contributed by atoms with Gasteiger partial charge in [0.15, 0.2) is 0 Å². The molecule has 6 nitrogen and oxygen atoms in total. The summed E-state index contributed by atoms with van der Waals surface area (Å²) in [5.74, 6) is -2.42. The maximum Gasteiger partial charge on any atom is 0.394 e. The molecular formula is C8H16N2O4. The highest BCUT2D eigenvalue weighted by molar-refractivity contribution is 6.31. The minimum atomic E-state index is -1.45. The Morgan fingerprint density at radius 1 is 1.43 bits per heavy atom. The largest absolute Gasteiger partial charge is 0.474 e. The van der Waals surface area contributed by atoms with E-state index in [2.05, 4.69) is 5.32 Å². The first-order chi connectivity index (χ1) is 6.57. The number of likely N-dealkylation sites (N-methyl/N-ethyl adjacent to an activating group) is 1. The average molecular weight is 204 g/mol. The molecule has 1 amide bonds. The normalized spacial score (nSPS) is 10.2. The molecule has 0 aromatic carbocycles. The minimum absolute atomic E-state index is 0.325. The number of carbonyl (C=O) groups excluding carboxylic acids is 1. The second-order valence-corrected chi connectivity index (χ2v) is 2.86. The van der Waals surface area contributed by atoms with Gasteiger partial charge in [-0.25, -0.2) is 4.79 Å². The van der Waals surface area contributed by atoms with E-state index < -0.39 is 11.9 Å². The van der Waals surface area contributed by atoms with Gasteiger partial charge < -0.3 is 20.1 Å². The summed E-state index contributed by atoms with van der Waals surface area (Å²) in [6.45, 7) is 2.29. The summed E-state index contributed by atoms with van der Waals surface area (Å²) in [6, 6.07) is 0. The van der Waals surface area contributed by atoms with Crippen LogP contribution in [0.25, 0.3) is 0 Å². The molecule has 0 fully saturated rings. The number of carbonyl (C=O) groups is 2. The smallest absolute Gasteiger partial charge is 0.394 e. The van der Waals surface area contributed by atoms with Crippen LogP contribution in [0, 0.1) is 0 Å². The number of hydrogen-bond donors (Lipinski definition) is 2. The van der Waals surface area contributed by atoms with Crippen LogP contribution < -0.4 is 5.32 Å². The third-order valence-electron chi connectivity index (χ3n) is 1.65. The van der Waals surface area contributed by atoms with E-state index in [1.54, 1.807) is 7.11 Å². The highest BCUT2D eigenvalue weighted by Gasteiger charge is 2.09. The lowest BCUT2D eigenvalue weighted by atomic mass is 10.5. The molecule has 6 heteroatoms. The predicted octanol–water partition coefficient (Wildman–Crippen LogP) is -1.23. The molecular weight excluding hydrogens is 188 g/mol. The number of ether oxygens (including phenoxy) is 1. The quantitative estimate of drug-likeness (QED) is 0.529. The fourth-order valence-corrected chi connectivity index (χ4v) is 0.795. The van der Waals surface area contributed by atoms with Gasteiger partial charge in [0, 0.05) is 26.7 Å². The van der Waals surface area contributed by atoms with Gasteiger partial charge in [0.2, 0.25) is 0 Å². The van der Waals surface area contributed by atoms with Crippen molar-refractivity contribution in [3.63, 3.8) is 0 Å². The molecule has 2 N–H and O–H groups in total. The topological polar surface area (TPSA) is 78.9 Å². The van der Waals surface area contributed by atoms with Crippen LogP contribution in [0.1, 0.15) is 0 Å². The third-order valence-corrected chi connectivity index (χ3v) is 1.65. The van der Waals surface area contributed by atoms with Crippen LogP contribution in [0.2, 0.25) is 0 Å². The summed E-state index contributed by atoms with van der Waals surface area (Å²) in [5, 5.41) is 10.5. The predicted molar refractivity (Wildman–Crippen MR) is 50.0 cm³/mol. The van der Waals surface area contributed by atoms with Crippen LogP contribution in [0.4, 0.5) is 0 Å². The van der Waals surface area contributed by atoms with Crippen molar-refractivity contribution < 1.29 is 19.4 Å². The fourth-order valence-electron chi connectivity index (χ4n) is 0.795.